The van der Waals surface area contributed by atoms with Crippen LogP contribution in [0, 0.1) is 29.2 Å². The molecule has 1 aliphatic heterocycles. The van der Waals surface area contributed by atoms with Crippen molar-refractivity contribution in [2.45, 2.75) is 19.4 Å². The van der Waals surface area contributed by atoms with E-state index in [1.807, 2.05) is 0 Å². The van der Waals surface area contributed by atoms with Crippen LogP contribution in [0.3, 0.4) is 0 Å². The first-order valence-electron chi connectivity index (χ1n) is 4.67. The lowest BCUT2D eigenvalue weighted by Crippen LogP contribution is -2.21. The Morgan fingerprint density at radius 2 is 2.20 bits per heavy atom. The van der Waals surface area contributed by atoms with Crippen molar-refractivity contribution in [1.82, 2.24) is 0 Å². The Balaban J connectivity index is 3.51. The van der Waals surface area contributed by atoms with E-state index in [4.69, 9.17) is 23.2 Å². The standard InChI is InChI=1S/C10H7BN3O/c1-10(2)9(11)7(14-3)8(15-10)6(4-12)5-13/h11H,1-2H3/i11D. The summed E-state index contributed by atoms with van der Waals surface area (Å²) < 4.78 is 12.6. The molecule has 0 aromatic rings. The van der Waals surface area contributed by atoms with Crippen LogP contribution in [0.2, 0.25) is 0 Å². The molecule has 1 radical (unpaired) electrons. The van der Waals surface area contributed by atoms with Crippen LogP contribution >= 0.6 is 0 Å². The van der Waals surface area contributed by atoms with Crippen molar-refractivity contribution >= 4 is 7.81 Å². The van der Waals surface area contributed by atoms with Gasteiger partial charge in [0.15, 0.2) is 11.3 Å². The molecule has 1 heterocycles. The minimum atomic E-state index is -0.851. The second-order valence-corrected chi connectivity index (χ2v) is 3.41. The summed E-state index contributed by atoms with van der Waals surface area (Å²) in [5.74, 6) is -0.0245. The van der Waals surface area contributed by atoms with Crippen LogP contribution in [-0.4, -0.2) is 14.7 Å². The van der Waals surface area contributed by atoms with Gasteiger partial charge in [-0.2, -0.15) is 10.5 Å². The van der Waals surface area contributed by atoms with Gasteiger partial charge >= 0.3 is 0 Å². The van der Waals surface area contributed by atoms with E-state index >= 15 is 0 Å². The fourth-order valence-corrected chi connectivity index (χ4v) is 1.17. The van der Waals surface area contributed by atoms with Crippen LogP contribution in [-0.2, 0) is 4.74 Å². The highest BCUT2D eigenvalue weighted by Crippen LogP contribution is 2.38. The maximum Gasteiger partial charge on any atom is 0.224 e. The molecule has 4 nitrogen and oxygen atoms in total. The summed E-state index contributed by atoms with van der Waals surface area (Å²) in [6.07, 6.45) is 0. The summed E-state index contributed by atoms with van der Waals surface area (Å²) >= 11 is 0. The largest absolute Gasteiger partial charge is 0.495 e. The topological polar surface area (TPSA) is 61.2 Å². The van der Waals surface area contributed by atoms with E-state index in [1.165, 1.54) is 0 Å². The fourth-order valence-electron chi connectivity index (χ4n) is 1.17. The van der Waals surface area contributed by atoms with E-state index in [9.17, 15) is 0 Å². The number of allylic oxidation sites excluding steroid dienone is 1. The minimum absolute atomic E-state index is 0.0245. The Kier molecular flexibility index (Phi) is 2.20. The Morgan fingerprint density at radius 1 is 1.60 bits per heavy atom. The van der Waals surface area contributed by atoms with Crippen molar-refractivity contribution in [3.05, 3.63) is 33.9 Å². The fraction of sp³-hybridized carbons (Fsp3) is 0.300. The van der Waals surface area contributed by atoms with Gasteiger partial charge in [0.2, 0.25) is 5.70 Å². The SMILES string of the molecule is [2H][B]C1=C([N+]#[C-])C(=C(C#N)C#N)OC1(C)C. The molecule has 0 aromatic carbocycles. The van der Waals surface area contributed by atoms with E-state index in [0.717, 1.165) is 7.81 Å². The first-order valence-corrected chi connectivity index (χ1v) is 4.09. The molecule has 0 unspecified atom stereocenters. The van der Waals surface area contributed by atoms with Crippen molar-refractivity contribution in [2.75, 3.05) is 0 Å². The third kappa shape index (κ3) is 1.58. The second-order valence-electron chi connectivity index (χ2n) is 3.41. The molecule has 0 fully saturated rings. The van der Waals surface area contributed by atoms with Crippen molar-refractivity contribution in [1.29, 1.82) is 11.9 Å². The molecule has 0 saturated heterocycles. The van der Waals surface area contributed by atoms with Gasteiger partial charge < -0.3 is 4.74 Å². The van der Waals surface area contributed by atoms with E-state index in [1.54, 1.807) is 26.0 Å². The first-order chi connectivity index (χ1) is 7.51. The Hall–Kier alpha value is -2.19. The number of nitriles is 2. The number of ether oxygens (including phenoxy) is 1. The lowest BCUT2D eigenvalue weighted by Gasteiger charge is -2.21. The van der Waals surface area contributed by atoms with Gasteiger partial charge in [-0.05, 0) is 15.2 Å². The molecule has 1 aliphatic rings. The highest BCUT2D eigenvalue weighted by atomic mass is 16.5. The van der Waals surface area contributed by atoms with Gasteiger partial charge in [-0.3, -0.25) is 0 Å². The predicted octanol–water partition coefficient (Wildman–Crippen LogP) is 1.13. The zero-order valence-corrected chi connectivity index (χ0v) is 8.33. The lowest BCUT2D eigenvalue weighted by molar-refractivity contribution is 0.0981. The number of nitrogens with zero attached hydrogens (tertiary/aromatic N) is 3. The average molecular weight is 197 g/mol. The van der Waals surface area contributed by atoms with Gasteiger partial charge in [0.25, 0.3) is 0 Å². The van der Waals surface area contributed by atoms with Crippen molar-refractivity contribution in [3.63, 3.8) is 0 Å². The highest BCUT2D eigenvalue weighted by molar-refractivity contribution is 6.24. The minimum Gasteiger partial charge on any atom is -0.495 e. The van der Waals surface area contributed by atoms with Crippen molar-refractivity contribution in [3.8, 4) is 12.1 Å². The summed E-state index contributed by atoms with van der Waals surface area (Å²) in [6, 6.07) is 3.36. The van der Waals surface area contributed by atoms with Crippen LogP contribution < -0.4 is 0 Å². The number of hydrogen-bond acceptors (Lipinski definition) is 3. The second kappa shape index (κ2) is 3.52. The van der Waals surface area contributed by atoms with Crippen LogP contribution in [0.5, 0.6) is 0 Å². The van der Waals surface area contributed by atoms with E-state index in [2.05, 4.69) is 4.85 Å². The zero-order valence-electron chi connectivity index (χ0n) is 9.33. The molecule has 0 bridgehead atoms. The number of rotatable bonds is 1. The van der Waals surface area contributed by atoms with E-state index in [-0.39, 0.29) is 17.0 Å². The third-order valence-corrected chi connectivity index (χ3v) is 2.04. The van der Waals surface area contributed by atoms with Gasteiger partial charge in [-0.25, -0.2) is 4.85 Å². The van der Waals surface area contributed by atoms with Crippen LogP contribution in [0.25, 0.3) is 4.85 Å². The molecule has 0 aliphatic carbocycles. The summed E-state index contributed by atoms with van der Waals surface area (Å²) in [4.78, 5) is 3.23. The van der Waals surface area contributed by atoms with Gasteiger partial charge in [-0.1, -0.05) is 5.47 Å². The van der Waals surface area contributed by atoms with Crippen LogP contribution in [0.4, 0.5) is 0 Å². The monoisotopic (exact) mass is 197 g/mol. The first kappa shape index (κ1) is 9.37. The molecule has 0 saturated carbocycles. The summed E-state index contributed by atoms with van der Waals surface area (Å²) in [6.45, 7) is 10.4. The van der Waals surface area contributed by atoms with Crippen molar-refractivity contribution in [2.24, 2.45) is 0 Å². The Morgan fingerprint density at radius 3 is 2.60 bits per heavy atom. The molecular weight excluding hydrogens is 189 g/mol. The normalized spacial score (nSPS) is 18.1. The van der Waals surface area contributed by atoms with Gasteiger partial charge in [-0.15, -0.1) is 0 Å². The molecule has 0 atom stereocenters. The average Bonchev–Trinajstić information content (AvgIpc) is 2.50. The molecule has 15 heavy (non-hydrogen) atoms. The molecule has 5 heteroatoms. The maximum atomic E-state index is 8.74. The van der Waals surface area contributed by atoms with Crippen LogP contribution in [0.1, 0.15) is 13.8 Å². The molecule has 0 N–H and O–H groups in total. The molecule has 0 aromatic heterocycles. The van der Waals surface area contributed by atoms with Crippen LogP contribution in [0.15, 0.2) is 22.5 Å². The molecule has 71 valence electrons. The quantitative estimate of drug-likeness (QED) is 0.359. The molecule has 0 spiro atoms. The summed E-state index contributed by atoms with van der Waals surface area (Å²) in [7, 11) is 1.02. The predicted molar refractivity (Wildman–Crippen MR) is 54.2 cm³/mol. The zero-order chi connectivity index (χ0) is 12.3. The number of hydrogen-bond donors (Lipinski definition) is 0. The third-order valence-electron chi connectivity index (χ3n) is 2.04. The lowest BCUT2D eigenvalue weighted by atomic mass is 9.82. The molecule has 0 amide bonds. The van der Waals surface area contributed by atoms with E-state index in [0.29, 0.717) is 5.47 Å². The van der Waals surface area contributed by atoms with Crippen molar-refractivity contribution < 1.29 is 4.74 Å². The molecular formula is C10H7BN3O. The van der Waals surface area contributed by atoms with Gasteiger partial charge in [0, 0.05) is 0 Å². The van der Waals surface area contributed by atoms with Gasteiger partial charge in [0.1, 0.15) is 25.5 Å². The van der Waals surface area contributed by atoms with Gasteiger partial charge in [0.05, 0.1) is 6.57 Å². The Bertz CT molecular complexity index is 498. The Labute approximate surface area is 90.6 Å². The maximum absolute atomic E-state index is 8.74. The highest BCUT2D eigenvalue weighted by Gasteiger charge is 2.36. The summed E-state index contributed by atoms with van der Waals surface area (Å²) in [5, 5.41) is 17.5. The van der Waals surface area contributed by atoms with E-state index < -0.39 is 5.60 Å². The smallest absolute Gasteiger partial charge is 0.224 e. The molecule has 1 rings (SSSR count). The summed E-state index contributed by atoms with van der Waals surface area (Å²) in [5.41, 5.74) is -0.648.